The van der Waals surface area contributed by atoms with E-state index in [1.54, 1.807) is 14.2 Å². The number of hydrogen-bond acceptors (Lipinski definition) is 12. The molecule has 18 heteroatoms. The van der Waals surface area contributed by atoms with E-state index in [4.69, 9.17) is 9.47 Å². The number of benzene rings is 2. The van der Waals surface area contributed by atoms with Gasteiger partial charge in [-0.3, -0.25) is 28.8 Å². The van der Waals surface area contributed by atoms with Gasteiger partial charge in [-0.25, -0.2) is 0 Å². The second-order valence-corrected chi connectivity index (χ2v) is 21.2. The normalized spacial score (nSPS) is 18.1. The van der Waals surface area contributed by atoms with Crippen molar-refractivity contribution in [3.63, 3.8) is 0 Å². The molecule has 2 aromatic carbocycles. The second kappa shape index (κ2) is 39.6. The second-order valence-electron chi connectivity index (χ2n) is 21.2. The molecule has 84 heavy (non-hydrogen) atoms. The summed E-state index contributed by atoms with van der Waals surface area (Å²) in [6.07, 6.45) is 49.8. The Morgan fingerprint density at radius 3 is 1.13 bits per heavy atom. The number of carbonyl (C=O) groups excluding carboxylic acids is 2. The molecule has 2 N–H and O–H groups in total. The minimum absolute atomic E-state index is 0. The summed E-state index contributed by atoms with van der Waals surface area (Å²) >= 11 is 0. The van der Waals surface area contributed by atoms with Crippen molar-refractivity contribution in [3.05, 3.63) is 199 Å². The Balaban J connectivity index is 0.000000200. The first kappa shape index (κ1) is 68.9. The summed E-state index contributed by atoms with van der Waals surface area (Å²) in [5, 5.41) is 22.9. The maximum atomic E-state index is 11.9. The van der Waals surface area contributed by atoms with Crippen LogP contribution in [0.25, 0.3) is 0 Å². The van der Waals surface area contributed by atoms with Crippen LogP contribution in [0, 0.1) is 126 Å². The van der Waals surface area contributed by atoms with Crippen LogP contribution in [-0.2, 0) is 56.8 Å². The zero-order chi connectivity index (χ0) is 56.8. The summed E-state index contributed by atoms with van der Waals surface area (Å²) in [5.74, 6) is 5.74. The first-order valence-electron chi connectivity index (χ1n) is 29.9. The molecule has 10 rings (SSSR count). The summed E-state index contributed by atoms with van der Waals surface area (Å²) in [6, 6.07) is 16.4. The number of nitrogens with one attached hydrogen (secondary N) is 2. The van der Waals surface area contributed by atoms with Crippen LogP contribution in [0.4, 0.5) is 11.4 Å². The maximum absolute atomic E-state index is 11.9. The molecule has 0 unspecified atom stereocenters. The van der Waals surface area contributed by atoms with Crippen molar-refractivity contribution in [2.45, 2.75) is 90.1 Å². The van der Waals surface area contributed by atoms with Crippen LogP contribution in [0.3, 0.4) is 0 Å². The Labute approximate surface area is 526 Å². The van der Waals surface area contributed by atoms with E-state index in [1.165, 1.54) is 62.7 Å². The third kappa shape index (κ3) is 23.2. The number of hydrogen-bond donors (Lipinski definition) is 2. The number of ether oxygens (including phenoxy) is 2. The molecule has 4 heterocycles. The predicted octanol–water partition coefficient (Wildman–Crippen LogP) is 8.43. The van der Waals surface area contributed by atoms with Gasteiger partial charge in [0.15, 0.2) is 0 Å². The Kier molecular flexibility index (Phi) is 32.5. The summed E-state index contributed by atoms with van der Waals surface area (Å²) < 4.78 is 14.9. The van der Waals surface area contributed by atoms with Crippen molar-refractivity contribution in [1.29, 1.82) is 0 Å². The zero-order valence-electron chi connectivity index (χ0n) is 49.2. The van der Waals surface area contributed by atoms with E-state index in [-0.39, 0.29) is 46.0 Å². The largest absolute Gasteiger partial charge is 2.00 e. The molecule has 16 nitrogen and oxygen atoms in total. The molecular weight excluding hydrogens is 1140 g/mol. The van der Waals surface area contributed by atoms with Gasteiger partial charge >= 0.3 is 34.1 Å². The maximum Gasteiger partial charge on any atom is 2.00 e. The van der Waals surface area contributed by atoms with E-state index in [9.17, 15) is 9.59 Å². The fraction of sp³-hybridized carbons (Fsp3) is 0.424. The summed E-state index contributed by atoms with van der Waals surface area (Å²) in [4.78, 5) is 33.5. The molecule has 6 fully saturated rings. The number of para-hydroxylation sites is 4. The number of methoxy groups -OCH3 is 2. The fourth-order valence-electron chi connectivity index (χ4n) is 10.6. The Morgan fingerprint density at radius 2 is 0.762 bits per heavy atom. The summed E-state index contributed by atoms with van der Waals surface area (Å²) in [5.41, 5.74) is 4.30. The average molecular weight is 1220 g/mol. The molecule has 2 saturated heterocycles. The summed E-state index contributed by atoms with van der Waals surface area (Å²) in [6.45, 7) is 13.9. The first-order chi connectivity index (χ1) is 40.4. The molecule has 20 radical (unpaired) electrons. The number of anilines is 2. The topological polar surface area (TPSA) is 151 Å². The summed E-state index contributed by atoms with van der Waals surface area (Å²) in [7, 11) is 3.46. The quantitative estimate of drug-likeness (QED) is 0.0397. The molecule has 2 amide bonds. The van der Waals surface area contributed by atoms with Gasteiger partial charge in [0.2, 0.25) is 11.8 Å². The SMILES string of the molecule is COc1ccccc1N1CCN(CCCCNC(=O)[C]2[CH][CH][CH][CH]2)CC1.COc1ccccc1N1CCN(CCCCNC(=O)[C]2[CH][CH][CH][CH]2)CC1.[CH]1[CH][CH][C](c2cn(CCCCCCCCCCn3cc([C]4[CH][CH][CH][CH]4)nn3)nn2)[CH]1.[Fe+2].[Fe+2]. The number of piperazine rings is 2. The van der Waals surface area contributed by atoms with Crippen molar-refractivity contribution in [3.8, 4) is 11.5 Å². The fourth-order valence-corrected chi connectivity index (χ4v) is 10.6. The molecule has 2 aromatic heterocycles. The molecule has 4 saturated carbocycles. The van der Waals surface area contributed by atoms with Crippen LogP contribution in [0.5, 0.6) is 11.5 Å². The average Bonchev–Trinajstić information content (AvgIpc) is 4.46. The van der Waals surface area contributed by atoms with Crippen LogP contribution in [-0.4, -0.2) is 144 Å². The van der Waals surface area contributed by atoms with Crippen molar-refractivity contribution < 1.29 is 53.2 Å². The molecular formula is C66H86Fe2N12O4+4. The van der Waals surface area contributed by atoms with Gasteiger partial charge in [-0.15, -0.1) is 10.2 Å². The molecule has 0 atom stereocenters. The molecule has 0 spiro atoms. The Morgan fingerprint density at radius 1 is 0.429 bits per heavy atom. The van der Waals surface area contributed by atoms with E-state index in [0.29, 0.717) is 0 Å². The number of aromatic nitrogens is 6. The Hall–Kier alpha value is -4.18. The molecule has 446 valence electrons. The van der Waals surface area contributed by atoms with Gasteiger partial charge in [-0.1, -0.05) is 73.2 Å². The number of unbranched alkanes of at least 4 members (excludes halogenated alkanes) is 9. The van der Waals surface area contributed by atoms with E-state index in [0.717, 1.165) is 164 Å². The van der Waals surface area contributed by atoms with Crippen LogP contribution >= 0.6 is 0 Å². The van der Waals surface area contributed by atoms with Crippen LogP contribution in [0.2, 0.25) is 0 Å². The van der Waals surface area contributed by atoms with E-state index < -0.39 is 0 Å². The number of aryl methyl sites for hydroxylation is 2. The number of amides is 2. The molecule has 4 aromatic rings. The van der Waals surface area contributed by atoms with Crippen molar-refractivity contribution in [2.24, 2.45) is 0 Å². The van der Waals surface area contributed by atoms with Gasteiger partial charge < -0.3 is 29.9 Å². The van der Waals surface area contributed by atoms with E-state index in [1.807, 2.05) is 123 Å². The smallest absolute Gasteiger partial charge is 0.495 e. The molecule has 4 aliphatic carbocycles. The van der Waals surface area contributed by atoms with Crippen LogP contribution in [0.15, 0.2) is 60.9 Å². The van der Waals surface area contributed by atoms with E-state index >= 15 is 0 Å². The minimum atomic E-state index is 0. The monoisotopic (exact) mass is 1220 g/mol. The number of carbonyl (C=O) groups is 2. The van der Waals surface area contributed by atoms with Gasteiger partial charge in [-0.2, -0.15) is 0 Å². The number of rotatable bonds is 29. The van der Waals surface area contributed by atoms with Gasteiger partial charge in [0.25, 0.3) is 0 Å². The van der Waals surface area contributed by atoms with Crippen LogP contribution < -0.4 is 29.9 Å². The van der Waals surface area contributed by atoms with Gasteiger partial charge in [-0.05, 0) is 179 Å². The zero-order valence-corrected chi connectivity index (χ0v) is 51.4. The van der Waals surface area contributed by atoms with Gasteiger partial charge in [0.1, 0.15) is 11.5 Å². The van der Waals surface area contributed by atoms with Crippen molar-refractivity contribution in [2.75, 3.05) is 103 Å². The van der Waals surface area contributed by atoms with Crippen molar-refractivity contribution >= 4 is 23.2 Å². The van der Waals surface area contributed by atoms with Gasteiger partial charge in [0, 0.05) is 103 Å². The first-order valence-corrected chi connectivity index (χ1v) is 29.9. The van der Waals surface area contributed by atoms with Gasteiger partial charge in [0.05, 0.1) is 48.8 Å². The van der Waals surface area contributed by atoms with E-state index in [2.05, 4.69) is 101 Å². The predicted molar refractivity (Wildman–Crippen MR) is 325 cm³/mol. The third-order valence-electron chi connectivity index (χ3n) is 15.3. The third-order valence-corrected chi connectivity index (χ3v) is 15.3. The minimum Gasteiger partial charge on any atom is -0.495 e. The number of nitrogens with zero attached hydrogens (tertiary/aromatic N) is 10. The van der Waals surface area contributed by atoms with Crippen molar-refractivity contribution in [1.82, 2.24) is 50.4 Å². The molecule has 6 aliphatic rings. The van der Waals surface area contributed by atoms with Crippen LogP contribution in [0.1, 0.15) is 88.4 Å². The standard InChI is InChI=1S/C24H30N6.2C21H28N3O2.2Fe/c1(3-5-11-17-29-19-23(25-27-29)21-13-7-8-14-21)2-4-6-12-18-30-20-24(26-28-30)22-15-9-10-16-22;2*1-26-20-11-5-4-10-19(20)24-16-14-23(15-17-24)13-7-6-12-22-21(25)18-8-2-3-9-18;;/h7-10,13-16,19-20H,1-6,11-12,17-18H2;2*2-5,8-11H,6-7,12-17H2,1H3,(H,22,25);;/q;;;2*+2. The molecule has 0 bridgehead atoms. The molecule has 2 aliphatic heterocycles. The Bertz CT molecular complexity index is 2220.